The van der Waals surface area contributed by atoms with Crippen molar-refractivity contribution >= 4 is 17.9 Å². The molecule has 1 atom stereocenters. The Morgan fingerprint density at radius 3 is 2.17 bits per heavy atom. The van der Waals surface area contributed by atoms with Crippen LogP contribution in [-0.2, 0) is 9.59 Å². The normalized spacial score (nSPS) is 11.4. The highest BCUT2D eigenvalue weighted by Crippen LogP contribution is 2.03. The van der Waals surface area contributed by atoms with Crippen LogP contribution in [0.15, 0.2) is 0 Å². The molecule has 0 rings (SSSR count). The zero-order valence-corrected chi connectivity index (χ0v) is 10.8. The van der Waals surface area contributed by atoms with Crippen LogP contribution >= 0.6 is 0 Å². The highest BCUT2D eigenvalue weighted by Gasteiger charge is 2.09. The highest BCUT2D eigenvalue weighted by molar-refractivity contribution is 5.74. The third-order valence-corrected chi connectivity index (χ3v) is 2.31. The summed E-state index contributed by atoms with van der Waals surface area (Å²) in [6, 6.07) is -0.316. The molecule has 1 unspecified atom stereocenters. The molecule has 0 radical (unpaired) electrons. The van der Waals surface area contributed by atoms with E-state index >= 15 is 0 Å². The largest absolute Gasteiger partial charge is 0.481 e. The standard InChI is InChI=1S/C11H21N3O4/c1-8(10(16)17)4-3-5-13-11(18)14-7-6-12-9(2)15/h8H,3-7H2,1-2H3,(H,12,15)(H,16,17)(H2,13,14,18). The maximum atomic E-state index is 11.2. The summed E-state index contributed by atoms with van der Waals surface area (Å²) in [7, 11) is 0. The monoisotopic (exact) mass is 259 g/mol. The van der Waals surface area contributed by atoms with Crippen molar-refractivity contribution in [1.82, 2.24) is 16.0 Å². The van der Waals surface area contributed by atoms with Gasteiger partial charge in [-0.25, -0.2) is 4.79 Å². The summed E-state index contributed by atoms with van der Waals surface area (Å²) in [6.07, 6.45) is 1.15. The molecule has 18 heavy (non-hydrogen) atoms. The van der Waals surface area contributed by atoms with Crippen molar-refractivity contribution in [1.29, 1.82) is 0 Å². The molecular formula is C11H21N3O4. The Kier molecular flexibility index (Phi) is 8.34. The van der Waals surface area contributed by atoms with Crippen LogP contribution in [0.1, 0.15) is 26.7 Å². The van der Waals surface area contributed by atoms with Crippen molar-refractivity contribution in [2.24, 2.45) is 5.92 Å². The molecule has 0 heterocycles. The second-order valence-electron chi connectivity index (χ2n) is 4.05. The lowest BCUT2D eigenvalue weighted by molar-refractivity contribution is -0.141. The van der Waals surface area contributed by atoms with E-state index in [2.05, 4.69) is 16.0 Å². The molecule has 0 aromatic rings. The third kappa shape index (κ3) is 9.44. The summed E-state index contributed by atoms with van der Waals surface area (Å²) in [6.45, 7) is 4.22. The van der Waals surface area contributed by atoms with Crippen LogP contribution in [0.2, 0.25) is 0 Å². The number of hydrogen-bond donors (Lipinski definition) is 4. The lowest BCUT2D eigenvalue weighted by Crippen LogP contribution is -2.40. The zero-order chi connectivity index (χ0) is 14.0. The van der Waals surface area contributed by atoms with Gasteiger partial charge in [0.05, 0.1) is 5.92 Å². The Balaban J connectivity index is 3.42. The summed E-state index contributed by atoms with van der Waals surface area (Å²) in [5, 5.41) is 16.4. The number of carboxylic acids is 1. The van der Waals surface area contributed by atoms with Crippen molar-refractivity contribution in [2.45, 2.75) is 26.7 Å². The maximum absolute atomic E-state index is 11.2. The van der Waals surface area contributed by atoms with Crippen molar-refractivity contribution in [3.8, 4) is 0 Å². The number of nitrogens with one attached hydrogen (secondary N) is 3. The van der Waals surface area contributed by atoms with Crippen LogP contribution in [-0.4, -0.2) is 42.6 Å². The van der Waals surface area contributed by atoms with Crippen LogP contribution < -0.4 is 16.0 Å². The number of rotatable bonds is 8. The van der Waals surface area contributed by atoms with E-state index in [9.17, 15) is 14.4 Å². The van der Waals surface area contributed by atoms with Crippen molar-refractivity contribution in [2.75, 3.05) is 19.6 Å². The van der Waals surface area contributed by atoms with Gasteiger partial charge in [-0.3, -0.25) is 9.59 Å². The minimum Gasteiger partial charge on any atom is -0.481 e. The van der Waals surface area contributed by atoms with Gasteiger partial charge < -0.3 is 21.1 Å². The van der Waals surface area contributed by atoms with Crippen molar-refractivity contribution in [3.05, 3.63) is 0 Å². The van der Waals surface area contributed by atoms with E-state index in [0.29, 0.717) is 32.5 Å². The Hall–Kier alpha value is -1.79. The summed E-state index contributed by atoms with van der Waals surface area (Å²) in [4.78, 5) is 32.3. The molecule has 104 valence electrons. The second-order valence-corrected chi connectivity index (χ2v) is 4.05. The van der Waals surface area contributed by atoms with Crippen LogP contribution in [0.4, 0.5) is 4.79 Å². The van der Waals surface area contributed by atoms with E-state index in [0.717, 1.165) is 0 Å². The predicted molar refractivity (Wildman–Crippen MR) is 66.1 cm³/mol. The molecule has 0 aliphatic heterocycles. The molecular weight excluding hydrogens is 238 g/mol. The van der Waals surface area contributed by atoms with Crippen LogP contribution in [0, 0.1) is 5.92 Å². The van der Waals surface area contributed by atoms with Gasteiger partial charge in [0.2, 0.25) is 5.91 Å². The van der Waals surface area contributed by atoms with E-state index < -0.39 is 11.9 Å². The quantitative estimate of drug-likeness (QED) is 0.457. The number of aliphatic carboxylic acids is 1. The van der Waals surface area contributed by atoms with Gasteiger partial charge in [0.25, 0.3) is 0 Å². The van der Waals surface area contributed by atoms with E-state index in [-0.39, 0.29) is 11.9 Å². The smallest absolute Gasteiger partial charge is 0.314 e. The summed E-state index contributed by atoms with van der Waals surface area (Å²) in [5.74, 6) is -1.36. The Labute approximate surface area is 106 Å². The topological polar surface area (TPSA) is 108 Å². The number of carbonyl (C=O) groups is 3. The molecule has 0 spiro atoms. The van der Waals surface area contributed by atoms with Gasteiger partial charge in [0.1, 0.15) is 0 Å². The third-order valence-electron chi connectivity index (χ3n) is 2.31. The molecule has 0 fully saturated rings. The van der Waals surface area contributed by atoms with Crippen molar-refractivity contribution in [3.63, 3.8) is 0 Å². The Morgan fingerprint density at radius 2 is 1.61 bits per heavy atom. The molecule has 0 bridgehead atoms. The molecule has 0 aromatic carbocycles. The van der Waals surface area contributed by atoms with Crippen molar-refractivity contribution < 1.29 is 19.5 Å². The molecule has 0 aliphatic rings. The number of hydrogen-bond acceptors (Lipinski definition) is 3. The number of carboxylic acid groups (broad SMARTS) is 1. The Morgan fingerprint density at radius 1 is 1.06 bits per heavy atom. The van der Waals surface area contributed by atoms with Crippen LogP contribution in [0.5, 0.6) is 0 Å². The van der Waals surface area contributed by atoms with Gasteiger partial charge in [-0.05, 0) is 12.8 Å². The van der Waals surface area contributed by atoms with Gasteiger partial charge in [-0.2, -0.15) is 0 Å². The lowest BCUT2D eigenvalue weighted by atomic mass is 10.1. The van der Waals surface area contributed by atoms with Gasteiger partial charge in [-0.1, -0.05) is 6.92 Å². The first-order valence-electron chi connectivity index (χ1n) is 5.92. The van der Waals surface area contributed by atoms with Gasteiger partial charge >= 0.3 is 12.0 Å². The molecule has 0 saturated carbocycles. The number of carbonyl (C=O) groups excluding carboxylic acids is 2. The van der Waals surface area contributed by atoms with Gasteiger partial charge in [-0.15, -0.1) is 0 Å². The first-order valence-corrected chi connectivity index (χ1v) is 5.92. The first-order chi connectivity index (χ1) is 8.43. The van der Waals surface area contributed by atoms with Gasteiger partial charge in [0, 0.05) is 26.6 Å². The highest BCUT2D eigenvalue weighted by atomic mass is 16.4. The fraction of sp³-hybridized carbons (Fsp3) is 0.727. The average Bonchev–Trinajstić information content (AvgIpc) is 2.29. The molecule has 4 N–H and O–H groups in total. The molecule has 0 aliphatic carbocycles. The summed E-state index contributed by atoms with van der Waals surface area (Å²) in [5.41, 5.74) is 0. The summed E-state index contributed by atoms with van der Waals surface area (Å²) < 4.78 is 0. The maximum Gasteiger partial charge on any atom is 0.314 e. The first kappa shape index (κ1) is 16.2. The van der Waals surface area contributed by atoms with E-state index in [1.54, 1.807) is 6.92 Å². The molecule has 7 heteroatoms. The average molecular weight is 259 g/mol. The Bertz CT molecular complexity index is 294. The summed E-state index contributed by atoms with van der Waals surface area (Å²) >= 11 is 0. The molecule has 3 amide bonds. The fourth-order valence-corrected chi connectivity index (χ4v) is 1.21. The van der Waals surface area contributed by atoms with E-state index in [4.69, 9.17) is 5.11 Å². The zero-order valence-electron chi connectivity index (χ0n) is 10.8. The van der Waals surface area contributed by atoms with E-state index in [1.807, 2.05) is 0 Å². The minimum absolute atomic E-state index is 0.139. The molecule has 0 saturated heterocycles. The fourth-order valence-electron chi connectivity index (χ4n) is 1.21. The SMILES string of the molecule is CC(=O)NCCNC(=O)NCCCC(C)C(=O)O. The molecule has 7 nitrogen and oxygen atoms in total. The predicted octanol–water partition coefficient (Wildman–Crippen LogP) is -0.0774. The number of urea groups is 1. The minimum atomic E-state index is -0.824. The second kappa shape index (κ2) is 9.26. The van der Waals surface area contributed by atoms with E-state index in [1.165, 1.54) is 6.92 Å². The number of amides is 3. The van der Waals surface area contributed by atoms with Crippen LogP contribution in [0.3, 0.4) is 0 Å². The molecule has 0 aromatic heterocycles. The lowest BCUT2D eigenvalue weighted by Gasteiger charge is -2.09. The van der Waals surface area contributed by atoms with Crippen LogP contribution in [0.25, 0.3) is 0 Å². The van der Waals surface area contributed by atoms with Gasteiger partial charge in [0.15, 0.2) is 0 Å².